The van der Waals surface area contributed by atoms with E-state index in [-0.39, 0.29) is 0 Å². The number of benzene rings is 2. The first kappa shape index (κ1) is 11.3. The van der Waals surface area contributed by atoms with E-state index >= 15 is 0 Å². The first-order valence-corrected chi connectivity index (χ1v) is 6.73. The Hall–Kier alpha value is -1.76. The lowest BCUT2D eigenvalue weighted by atomic mass is 9.82. The van der Waals surface area contributed by atoms with Gasteiger partial charge in [0.1, 0.15) is 0 Å². The van der Waals surface area contributed by atoms with E-state index in [1.807, 2.05) is 0 Å². The topological polar surface area (TPSA) is 12.0 Å². The maximum absolute atomic E-state index is 3.59. The third-order valence-corrected chi connectivity index (χ3v) is 3.74. The van der Waals surface area contributed by atoms with Gasteiger partial charge in [-0.25, -0.2) is 0 Å². The van der Waals surface area contributed by atoms with E-state index in [1.165, 1.54) is 29.7 Å². The summed E-state index contributed by atoms with van der Waals surface area (Å²) < 4.78 is 0. The minimum atomic E-state index is 0.683. The molecule has 0 spiro atoms. The van der Waals surface area contributed by atoms with E-state index in [1.54, 1.807) is 0 Å². The smallest absolute Gasteiger partial charge is 0.0342 e. The van der Waals surface area contributed by atoms with Crippen molar-refractivity contribution in [2.75, 3.05) is 5.32 Å². The summed E-state index contributed by atoms with van der Waals surface area (Å²) in [7, 11) is 0. The lowest BCUT2D eigenvalue weighted by Crippen LogP contribution is -2.33. The van der Waals surface area contributed by atoms with Gasteiger partial charge in [-0.2, -0.15) is 0 Å². The fourth-order valence-electron chi connectivity index (χ4n) is 2.65. The normalized spacial score (nSPS) is 22.3. The summed E-state index contributed by atoms with van der Waals surface area (Å²) >= 11 is 0. The van der Waals surface area contributed by atoms with Crippen molar-refractivity contribution in [3.63, 3.8) is 0 Å². The van der Waals surface area contributed by atoms with Gasteiger partial charge in [0.05, 0.1) is 0 Å². The largest absolute Gasteiger partial charge is 0.382 e. The lowest BCUT2D eigenvalue weighted by Gasteiger charge is -2.34. The van der Waals surface area contributed by atoms with Gasteiger partial charge in [0.2, 0.25) is 0 Å². The molecule has 0 heterocycles. The molecule has 0 aromatic heterocycles. The van der Waals surface area contributed by atoms with Gasteiger partial charge in [0.15, 0.2) is 0 Å². The van der Waals surface area contributed by atoms with Crippen LogP contribution in [0.25, 0.3) is 11.1 Å². The average Bonchev–Trinajstić information content (AvgIpc) is 2.39. The lowest BCUT2D eigenvalue weighted by molar-refractivity contribution is 0.309. The Balaban J connectivity index is 1.69. The molecule has 0 aliphatic heterocycles. The molecule has 0 saturated heterocycles. The number of hydrogen-bond acceptors (Lipinski definition) is 1. The molecule has 0 atom stereocenters. The van der Waals surface area contributed by atoms with Crippen LogP contribution in [0.2, 0.25) is 0 Å². The Morgan fingerprint density at radius 2 is 1.44 bits per heavy atom. The van der Waals surface area contributed by atoms with Crippen LogP contribution >= 0.6 is 0 Å². The summed E-state index contributed by atoms with van der Waals surface area (Å²) in [4.78, 5) is 0. The molecule has 1 aliphatic rings. The van der Waals surface area contributed by atoms with Gasteiger partial charge in [-0.05, 0) is 42.0 Å². The quantitative estimate of drug-likeness (QED) is 0.825. The van der Waals surface area contributed by atoms with Crippen LogP contribution in [0, 0.1) is 5.92 Å². The highest BCUT2D eigenvalue weighted by Gasteiger charge is 2.24. The van der Waals surface area contributed by atoms with Gasteiger partial charge < -0.3 is 5.32 Å². The van der Waals surface area contributed by atoms with Crippen LogP contribution in [0.4, 0.5) is 5.69 Å². The summed E-state index contributed by atoms with van der Waals surface area (Å²) in [6, 6.07) is 20.0. The Kier molecular flexibility index (Phi) is 3.06. The fraction of sp³-hybridized carbons (Fsp3) is 0.294. The Labute approximate surface area is 109 Å². The Morgan fingerprint density at radius 1 is 0.833 bits per heavy atom. The second kappa shape index (κ2) is 4.85. The molecule has 1 saturated carbocycles. The maximum Gasteiger partial charge on any atom is 0.0342 e. The summed E-state index contributed by atoms with van der Waals surface area (Å²) in [5, 5.41) is 3.59. The molecule has 0 bridgehead atoms. The van der Waals surface area contributed by atoms with Crippen molar-refractivity contribution in [3.8, 4) is 11.1 Å². The second-order valence-electron chi connectivity index (χ2n) is 5.36. The molecular weight excluding hydrogens is 218 g/mol. The zero-order chi connectivity index (χ0) is 12.4. The molecule has 1 fully saturated rings. The van der Waals surface area contributed by atoms with Gasteiger partial charge in [-0.3, -0.25) is 0 Å². The first-order valence-electron chi connectivity index (χ1n) is 6.73. The predicted octanol–water partition coefficient (Wildman–Crippen LogP) is 4.56. The summed E-state index contributed by atoms with van der Waals surface area (Å²) in [5.41, 5.74) is 3.80. The maximum atomic E-state index is 3.59. The standard InChI is InChI=1S/C17H19N/c1-13-11-17(12-13)18-16-9-7-15(8-10-16)14-5-3-2-4-6-14/h2-10,13,17-18H,11-12H2,1H3. The SMILES string of the molecule is CC1CC(Nc2ccc(-c3ccccc3)cc2)C1. The van der Waals surface area contributed by atoms with Crippen LogP contribution in [0.3, 0.4) is 0 Å². The van der Waals surface area contributed by atoms with Crippen LogP contribution in [-0.2, 0) is 0 Å². The van der Waals surface area contributed by atoms with Crippen molar-refractivity contribution in [2.45, 2.75) is 25.8 Å². The first-order chi connectivity index (χ1) is 8.81. The predicted molar refractivity (Wildman–Crippen MR) is 77.7 cm³/mol. The minimum absolute atomic E-state index is 0.683. The zero-order valence-corrected chi connectivity index (χ0v) is 10.8. The highest BCUT2D eigenvalue weighted by atomic mass is 14.9. The molecule has 1 aliphatic carbocycles. The van der Waals surface area contributed by atoms with Gasteiger partial charge in [-0.1, -0.05) is 49.4 Å². The molecule has 0 unspecified atom stereocenters. The van der Waals surface area contributed by atoms with E-state index < -0.39 is 0 Å². The summed E-state index contributed by atoms with van der Waals surface area (Å²) in [6.45, 7) is 2.32. The van der Waals surface area contributed by atoms with Crippen molar-refractivity contribution in [1.82, 2.24) is 0 Å². The van der Waals surface area contributed by atoms with Gasteiger partial charge in [0, 0.05) is 11.7 Å². The van der Waals surface area contributed by atoms with Crippen LogP contribution < -0.4 is 5.32 Å². The number of hydrogen-bond donors (Lipinski definition) is 1. The molecule has 92 valence electrons. The van der Waals surface area contributed by atoms with Crippen molar-refractivity contribution in [3.05, 3.63) is 54.6 Å². The zero-order valence-electron chi connectivity index (χ0n) is 10.8. The van der Waals surface area contributed by atoms with Gasteiger partial charge in [-0.15, -0.1) is 0 Å². The Bertz CT molecular complexity index is 495. The molecule has 2 aromatic carbocycles. The number of rotatable bonds is 3. The van der Waals surface area contributed by atoms with E-state index in [0.717, 1.165) is 5.92 Å². The number of anilines is 1. The van der Waals surface area contributed by atoms with Crippen molar-refractivity contribution >= 4 is 5.69 Å². The van der Waals surface area contributed by atoms with Crippen molar-refractivity contribution < 1.29 is 0 Å². The van der Waals surface area contributed by atoms with Crippen LogP contribution in [-0.4, -0.2) is 6.04 Å². The van der Waals surface area contributed by atoms with E-state index in [9.17, 15) is 0 Å². The van der Waals surface area contributed by atoms with E-state index in [4.69, 9.17) is 0 Å². The minimum Gasteiger partial charge on any atom is -0.382 e. The highest BCUT2D eigenvalue weighted by molar-refractivity contribution is 5.65. The molecule has 1 N–H and O–H groups in total. The number of nitrogens with one attached hydrogen (secondary N) is 1. The summed E-state index contributed by atoms with van der Waals surface area (Å²) in [5.74, 6) is 0.895. The monoisotopic (exact) mass is 237 g/mol. The molecule has 1 nitrogen and oxygen atoms in total. The van der Waals surface area contributed by atoms with Gasteiger partial charge >= 0.3 is 0 Å². The van der Waals surface area contributed by atoms with Crippen LogP contribution in [0.15, 0.2) is 54.6 Å². The second-order valence-corrected chi connectivity index (χ2v) is 5.36. The molecule has 0 amide bonds. The molecule has 3 rings (SSSR count). The van der Waals surface area contributed by atoms with E-state index in [2.05, 4.69) is 66.8 Å². The molecule has 1 heteroatoms. The summed E-state index contributed by atoms with van der Waals surface area (Å²) in [6.07, 6.45) is 2.61. The third kappa shape index (κ3) is 2.40. The fourth-order valence-corrected chi connectivity index (χ4v) is 2.65. The average molecular weight is 237 g/mol. The van der Waals surface area contributed by atoms with Crippen molar-refractivity contribution in [1.29, 1.82) is 0 Å². The van der Waals surface area contributed by atoms with E-state index in [0.29, 0.717) is 6.04 Å². The van der Waals surface area contributed by atoms with Crippen LogP contribution in [0.5, 0.6) is 0 Å². The van der Waals surface area contributed by atoms with Crippen molar-refractivity contribution in [2.24, 2.45) is 5.92 Å². The molecule has 18 heavy (non-hydrogen) atoms. The molecule has 0 radical (unpaired) electrons. The van der Waals surface area contributed by atoms with Crippen LogP contribution in [0.1, 0.15) is 19.8 Å². The highest BCUT2D eigenvalue weighted by Crippen LogP contribution is 2.30. The van der Waals surface area contributed by atoms with Gasteiger partial charge in [0.25, 0.3) is 0 Å². The Morgan fingerprint density at radius 3 is 2.06 bits per heavy atom. The third-order valence-electron chi connectivity index (χ3n) is 3.74. The molecule has 2 aromatic rings. The molecular formula is C17H19N.